The molecule has 4 fully saturated rings. The van der Waals surface area contributed by atoms with E-state index in [1.54, 1.807) is 36.4 Å². The Morgan fingerprint density at radius 2 is 0.641 bits per heavy atom. The van der Waals surface area contributed by atoms with E-state index in [1.165, 1.54) is 0 Å². The van der Waals surface area contributed by atoms with E-state index in [2.05, 4.69) is 6.08 Å². The summed E-state index contributed by atoms with van der Waals surface area (Å²) in [6.07, 6.45) is 41.6. The standard InChI is InChI=1S/C15H10O2.4C5H5.2Ti/c16-15(17)14(13-9-5-2-6-10-13)11-12-7-3-1-4-8-12;4*1-2-4-5-3-1;;/h1-10H;4*1-5H;;/q-1;;;;;;. The zero-order chi connectivity index (χ0) is 26.2. The maximum atomic E-state index is 11.1. The van der Waals surface area contributed by atoms with Crippen LogP contribution in [-0.4, -0.2) is 0 Å². The van der Waals surface area contributed by atoms with E-state index >= 15 is 0 Å². The average Bonchev–Trinajstić information content (AvgIpc) is 3.80. The maximum Gasteiger partial charge on any atom is 0.304 e. The molecule has 2 aromatic carbocycles. The molecule has 0 aromatic heterocycles. The summed E-state index contributed by atoms with van der Waals surface area (Å²) in [5.41, 5.74) is 1.38. The summed E-state index contributed by atoms with van der Waals surface area (Å²) in [6.45, 7) is 0. The molecule has 6 rings (SSSR count). The number of hydrogen-bond acceptors (Lipinski definition) is 0. The summed E-state index contributed by atoms with van der Waals surface area (Å²) < 4.78 is 0. The van der Waals surface area contributed by atoms with E-state index in [0.29, 0.717) is 5.56 Å². The molecule has 4 heteroatoms. The largest absolute Gasteiger partial charge is 0.304 e. The van der Waals surface area contributed by atoms with E-state index in [4.69, 9.17) is 0 Å². The van der Waals surface area contributed by atoms with Crippen molar-refractivity contribution < 1.29 is 53.6 Å². The fourth-order valence-electron chi connectivity index (χ4n) is 2.79. The van der Waals surface area contributed by atoms with Gasteiger partial charge >= 0.3 is 6.29 Å². The van der Waals surface area contributed by atoms with Crippen molar-refractivity contribution in [1.82, 2.24) is 0 Å². The molecule has 191 valence electrons. The second-order valence-electron chi connectivity index (χ2n) is 7.37. The molecule has 0 saturated heterocycles. The summed E-state index contributed by atoms with van der Waals surface area (Å²) in [6, 6.07) is 18.0. The van der Waals surface area contributed by atoms with Gasteiger partial charge in [-0.05, 0) is 128 Å². The molecule has 0 unspecified atom stereocenters. The topological polar surface area (TPSA) is 39.8 Å². The zero-order valence-corrected chi connectivity index (χ0v) is 24.8. The molecule has 0 spiro atoms. The predicted molar refractivity (Wildman–Crippen MR) is 149 cm³/mol. The molecule has 0 amide bonds. The zero-order valence-electron chi connectivity index (χ0n) is 21.6. The van der Waals surface area contributed by atoms with Crippen molar-refractivity contribution in [2.45, 2.75) is 0 Å². The van der Waals surface area contributed by atoms with Crippen LogP contribution in [0.2, 0.25) is 0 Å². The van der Waals surface area contributed by atoms with Crippen LogP contribution in [0.15, 0.2) is 60.7 Å². The third kappa shape index (κ3) is 21.0. The molecule has 4 saturated carbocycles. The molecular weight excluding hydrogens is 548 g/mol. The van der Waals surface area contributed by atoms with Crippen LogP contribution < -0.4 is 0 Å². The summed E-state index contributed by atoms with van der Waals surface area (Å²) in [7, 11) is 0. The third-order valence-electron chi connectivity index (χ3n) is 4.53. The Kier molecular flexibility index (Phi) is 27.4. The Labute approximate surface area is 270 Å². The predicted octanol–water partition coefficient (Wildman–Crippen LogP) is 7.35. The van der Waals surface area contributed by atoms with Gasteiger partial charge in [0.2, 0.25) is 0 Å². The second-order valence-corrected chi connectivity index (χ2v) is 7.37. The van der Waals surface area contributed by atoms with Crippen LogP contribution in [0.5, 0.6) is 0 Å². The van der Waals surface area contributed by atoms with E-state index in [1.807, 2.05) is 153 Å². The first kappa shape index (κ1) is 38.5. The van der Waals surface area contributed by atoms with E-state index in [0.717, 1.165) is 5.56 Å². The van der Waals surface area contributed by atoms with Crippen LogP contribution >= 0.6 is 0 Å². The van der Waals surface area contributed by atoms with Crippen molar-refractivity contribution in [3.63, 3.8) is 0 Å². The smallest absolute Gasteiger partial charge is 0.184 e. The Morgan fingerprint density at radius 3 is 0.897 bits per heavy atom. The van der Waals surface area contributed by atoms with Crippen molar-refractivity contribution in [3.05, 3.63) is 213 Å². The van der Waals surface area contributed by atoms with Crippen molar-refractivity contribution >= 4 is 5.57 Å². The molecule has 4 aliphatic carbocycles. The molecule has 2 aromatic rings. The number of rotatable bonds is 3. The molecule has 39 heavy (non-hydrogen) atoms. The Balaban J connectivity index is 0.000000534. The van der Waals surface area contributed by atoms with Gasteiger partial charge < -0.3 is 0 Å². The molecule has 0 bridgehead atoms. The van der Waals surface area contributed by atoms with Gasteiger partial charge in [0.15, 0.2) is 0 Å². The molecule has 0 heterocycles. The molecular formula is C35H30O2Ti2-. The quantitative estimate of drug-likeness (QED) is 0.208. The average molecular weight is 578 g/mol. The summed E-state index contributed by atoms with van der Waals surface area (Å²) >= 11 is 0. The molecule has 23 radical (unpaired) electrons. The van der Waals surface area contributed by atoms with Crippen LogP contribution in [0, 0.1) is 141 Å². The summed E-state index contributed by atoms with van der Waals surface area (Å²) in [4.78, 5) is 0. The molecule has 0 aliphatic heterocycles. The van der Waals surface area contributed by atoms with Crippen molar-refractivity contribution in [2.75, 3.05) is 0 Å². The van der Waals surface area contributed by atoms with Gasteiger partial charge in [-0.15, -0.1) is 35.9 Å². The van der Waals surface area contributed by atoms with E-state index in [-0.39, 0.29) is 49.0 Å². The van der Waals surface area contributed by atoms with Crippen molar-refractivity contribution in [3.8, 4) is 0 Å². The summed E-state index contributed by atoms with van der Waals surface area (Å²) in [5.74, 6) is 0. The van der Waals surface area contributed by atoms with Crippen LogP contribution in [-0.2, 0) is 53.6 Å². The van der Waals surface area contributed by atoms with Crippen LogP contribution in [0.4, 0.5) is 0 Å². The van der Waals surface area contributed by atoms with Crippen LogP contribution in [0.25, 0.3) is 5.57 Å². The molecule has 0 atom stereocenters. The number of hydrogen-bond donors (Lipinski definition) is 0. The van der Waals surface area contributed by atoms with Gasteiger partial charge in [0.1, 0.15) is 0 Å². The third-order valence-corrected chi connectivity index (χ3v) is 4.53. The van der Waals surface area contributed by atoms with Gasteiger partial charge in [0.05, 0.1) is 0 Å². The molecule has 2 nitrogen and oxygen atoms in total. The minimum absolute atomic E-state index is 0. The van der Waals surface area contributed by atoms with Gasteiger partial charge in [0.25, 0.3) is 0 Å². The first-order valence-corrected chi connectivity index (χ1v) is 11.9. The number of benzene rings is 2. The van der Waals surface area contributed by atoms with Crippen molar-refractivity contribution in [1.29, 1.82) is 0 Å². The van der Waals surface area contributed by atoms with Crippen LogP contribution in [0.3, 0.4) is 0 Å². The maximum absolute atomic E-state index is 11.1. The normalized spacial score (nSPS) is 17.5. The minimum Gasteiger partial charge on any atom is -0.184 e. The Hall–Kier alpha value is -0.471. The van der Waals surface area contributed by atoms with Gasteiger partial charge in [-0.3, -0.25) is 0 Å². The van der Waals surface area contributed by atoms with E-state index < -0.39 is 6.29 Å². The minimum atomic E-state index is -1.22. The first-order chi connectivity index (χ1) is 18.3. The first-order valence-electron chi connectivity index (χ1n) is 11.9. The van der Waals surface area contributed by atoms with Gasteiger partial charge in [-0.1, -0.05) is 47.5 Å². The SMILES string of the molecule is [CH]1[CH][CH][CH][CH]1.[CH]1[CH][CH][CH][CH]1.[CH]1[CH][CH][CH][CH]1.[CH]1[CH][CH][CH][CH]1.[O][C]([O])C(=[C-]c1ccccc1)c1ccccc1.[Ti].[Ti]. The molecule has 0 N–H and O–H groups in total. The monoisotopic (exact) mass is 578 g/mol. The Bertz CT molecular complexity index is 706. The fourth-order valence-corrected chi connectivity index (χ4v) is 2.79. The van der Waals surface area contributed by atoms with Gasteiger partial charge in [0, 0.05) is 43.4 Å². The van der Waals surface area contributed by atoms with Crippen LogP contribution in [0.1, 0.15) is 11.1 Å². The van der Waals surface area contributed by atoms with Gasteiger partial charge in [-0.2, -0.15) is 10.2 Å². The summed E-state index contributed by atoms with van der Waals surface area (Å²) in [5, 5.41) is 22.2. The molecule has 4 aliphatic rings. The Morgan fingerprint density at radius 1 is 0.385 bits per heavy atom. The van der Waals surface area contributed by atoms with E-state index in [9.17, 15) is 10.2 Å². The van der Waals surface area contributed by atoms with Gasteiger partial charge in [-0.25, -0.2) is 0 Å². The van der Waals surface area contributed by atoms with Crippen molar-refractivity contribution in [2.24, 2.45) is 0 Å². The fraction of sp³-hybridized carbons (Fsp3) is 0. The second kappa shape index (κ2) is 27.7.